The number of aromatic amines is 1. The van der Waals surface area contributed by atoms with Gasteiger partial charge in [-0.05, 0) is 80.8 Å². The molecule has 0 unspecified atom stereocenters. The Morgan fingerprint density at radius 2 is 2.18 bits per heavy atom. The molecule has 1 aliphatic carbocycles. The molecule has 22 heavy (non-hydrogen) atoms. The Labute approximate surface area is 134 Å². The minimum Gasteiger partial charge on any atom is -0.361 e. The van der Waals surface area contributed by atoms with E-state index < -0.39 is 0 Å². The monoisotopic (exact) mass is 293 g/mol. The van der Waals surface area contributed by atoms with Crippen LogP contribution < -0.4 is 0 Å². The molecule has 1 saturated carbocycles. The summed E-state index contributed by atoms with van der Waals surface area (Å²) in [5.74, 6) is 4.56. The molecule has 2 atom stereocenters. The summed E-state index contributed by atoms with van der Waals surface area (Å²) < 4.78 is 8.54. The highest BCUT2D eigenvalue weighted by Gasteiger charge is 2.33. The number of likely N-dealkylation sites (tertiary alicyclic amines) is 1. The van der Waals surface area contributed by atoms with Crippen LogP contribution in [0.5, 0.6) is 0 Å². The van der Waals surface area contributed by atoms with Crippen molar-refractivity contribution >= 4 is 10.9 Å². The number of H-pyrrole nitrogens is 1. The summed E-state index contributed by atoms with van der Waals surface area (Å²) in [5, 5.41) is 1.22. The zero-order chi connectivity index (χ0) is 16.0. The van der Waals surface area contributed by atoms with Crippen molar-refractivity contribution in [1.82, 2.24) is 9.88 Å². The Balaban J connectivity index is 1.61. The number of aryl methyl sites for hydroxylation is 1. The van der Waals surface area contributed by atoms with Crippen LogP contribution in [0.1, 0.15) is 43.7 Å². The highest BCUT2D eigenvalue weighted by molar-refractivity contribution is 5.88. The molecule has 0 amide bonds. The number of hydrogen-bond donors (Lipinski definition) is 1. The Hall–Kier alpha value is -1.72. The maximum atomic E-state index is 8.54. The van der Waals surface area contributed by atoms with Crippen LogP contribution in [-0.4, -0.2) is 22.9 Å². The average Bonchev–Trinajstić information content (AvgIpc) is 3.28. The number of nitrogens with one attached hydrogen (secondary N) is 1. The molecular weight excluding hydrogens is 268 g/mol. The quantitative estimate of drug-likeness (QED) is 0.845. The third kappa shape index (κ3) is 2.44. The van der Waals surface area contributed by atoms with Gasteiger partial charge in [-0.2, -0.15) is 0 Å². The number of terminal acetylenes is 1. The number of aromatic nitrogens is 1. The van der Waals surface area contributed by atoms with Crippen LogP contribution in [0.15, 0.2) is 18.3 Å². The fourth-order valence-electron chi connectivity index (χ4n) is 3.93. The Bertz CT molecular complexity index is 766. The van der Waals surface area contributed by atoms with Crippen LogP contribution in [0.3, 0.4) is 0 Å². The summed E-state index contributed by atoms with van der Waals surface area (Å²) in [5.41, 5.74) is 4.55. The maximum absolute atomic E-state index is 8.54. The van der Waals surface area contributed by atoms with Crippen molar-refractivity contribution in [2.75, 3.05) is 13.1 Å². The summed E-state index contributed by atoms with van der Waals surface area (Å²) >= 11 is 0. The largest absolute Gasteiger partial charge is 0.361 e. The van der Waals surface area contributed by atoms with Crippen molar-refractivity contribution in [3.05, 3.63) is 35.0 Å². The number of hydrogen-bond acceptors (Lipinski definition) is 1. The van der Waals surface area contributed by atoms with Gasteiger partial charge in [0, 0.05) is 30.6 Å². The number of nitrogens with zero attached hydrogens (tertiary/aromatic N) is 1. The minimum atomic E-state index is -0.0877. The van der Waals surface area contributed by atoms with Crippen molar-refractivity contribution in [3.8, 4) is 12.3 Å². The van der Waals surface area contributed by atoms with Crippen molar-refractivity contribution in [2.24, 2.45) is 11.8 Å². The zero-order valence-electron chi connectivity index (χ0n) is 14.2. The first-order valence-corrected chi connectivity index (χ1v) is 8.40. The molecule has 114 valence electrons. The van der Waals surface area contributed by atoms with E-state index in [0.717, 1.165) is 36.9 Å². The minimum absolute atomic E-state index is 0.0877. The number of piperidine rings is 1. The van der Waals surface area contributed by atoms with Gasteiger partial charge in [-0.1, -0.05) is 5.92 Å². The number of rotatable bonds is 3. The van der Waals surface area contributed by atoms with E-state index in [2.05, 4.69) is 34.9 Å². The Morgan fingerprint density at radius 1 is 1.36 bits per heavy atom. The average molecular weight is 293 g/mol. The van der Waals surface area contributed by atoms with Gasteiger partial charge in [-0.3, -0.25) is 4.90 Å². The molecule has 0 radical (unpaired) electrons. The molecule has 2 aliphatic rings. The summed E-state index contributed by atoms with van der Waals surface area (Å²) in [7, 11) is 0. The molecule has 1 aliphatic heterocycles. The van der Waals surface area contributed by atoms with E-state index >= 15 is 0 Å². The third-order valence-corrected chi connectivity index (χ3v) is 5.41. The lowest BCUT2D eigenvalue weighted by atomic mass is 9.91. The Morgan fingerprint density at radius 3 is 2.91 bits per heavy atom. The fourth-order valence-corrected chi connectivity index (χ4v) is 3.93. The van der Waals surface area contributed by atoms with E-state index in [1.807, 2.05) is 6.20 Å². The fraction of sp³-hybridized carbons (Fsp3) is 0.500. The number of benzene rings is 1. The molecule has 2 heterocycles. The van der Waals surface area contributed by atoms with Gasteiger partial charge >= 0.3 is 0 Å². The van der Waals surface area contributed by atoms with Crippen molar-refractivity contribution < 1.29 is 1.37 Å². The first-order chi connectivity index (χ1) is 11.2. The van der Waals surface area contributed by atoms with Gasteiger partial charge in [0.2, 0.25) is 0 Å². The van der Waals surface area contributed by atoms with Crippen LogP contribution >= 0.6 is 0 Å². The van der Waals surface area contributed by atoms with E-state index in [1.165, 1.54) is 41.3 Å². The summed E-state index contributed by atoms with van der Waals surface area (Å²) in [6.07, 6.45) is 12.8. The lowest BCUT2D eigenvalue weighted by molar-refractivity contribution is 0.166. The number of fused-ring (bicyclic) bond motifs is 1. The topological polar surface area (TPSA) is 19.0 Å². The molecule has 1 aromatic heterocycles. The van der Waals surface area contributed by atoms with E-state index in [4.69, 9.17) is 7.79 Å². The predicted octanol–water partition coefficient (Wildman–Crippen LogP) is 4.08. The second kappa shape index (κ2) is 5.48. The smallest absolute Gasteiger partial charge is 0.0487 e. The standard InChI is InChI=1S/C20H24N2/c1-3-15-12-14(2)20-18(6-9-21-20)19(15)13-22-10-7-17(8-11-22)16-4-5-16/h1,6,9,12,16-17,21H,4-5,7-8,10-11,13H2,2H3/i10D/t10-,17-/m0/s1. The lowest BCUT2D eigenvalue weighted by Crippen LogP contribution is -2.34. The van der Waals surface area contributed by atoms with Gasteiger partial charge in [-0.15, -0.1) is 6.42 Å². The van der Waals surface area contributed by atoms with E-state index in [9.17, 15) is 0 Å². The molecule has 0 spiro atoms. The van der Waals surface area contributed by atoms with E-state index in [0.29, 0.717) is 0 Å². The second-order valence-electron chi connectivity index (χ2n) is 6.91. The predicted molar refractivity (Wildman–Crippen MR) is 91.7 cm³/mol. The Kier molecular flexibility index (Phi) is 3.19. The van der Waals surface area contributed by atoms with Gasteiger partial charge in [0.1, 0.15) is 0 Å². The van der Waals surface area contributed by atoms with E-state index in [-0.39, 0.29) is 6.52 Å². The molecule has 2 heteroatoms. The molecule has 1 N–H and O–H groups in total. The van der Waals surface area contributed by atoms with Gasteiger partial charge in [-0.25, -0.2) is 0 Å². The molecule has 2 fully saturated rings. The third-order valence-electron chi connectivity index (χ3n) is 5.41. The zero-order valence-corrected chi connectivity index (χ0v) is 13.2. The van der Waals surface area contributed by atoms with Crippen molar-refractivity contribution in [3.63, 3.8) is 0 Å². The summed E-state index contributed by atoms with van der Waals surface area (Å²) in [6, 6.07) is 4.22. The van der Waals surface area contributed by atoms with Crippen molar-refractivity contribution in [2.45, 2.75) is 39.2 Å². The van der Waals surface area contributed by atoms with Crippen molar-refractivity contribution in [1.29, 1.82) is 0 Å². The van der Waals surface area contributed by atoms with Crippen LogP contribution in [0, 0.1) is 31.1 Å². The van der Waals surface area contributed by atoms with Gasteiger partial charge < -0.3 is 4.98 Å². The van der Waals surface area contributed by atoms with Crippen LogP contribution in [0.2, 0.25) is 0 Å². The van der Waals surface area contributed by atoms with Crippen LogP contribution in [0.25, 0.3) is 10.9 Å². The second-order valence-corrected chi connectivity index (χ2v) is 6.91. The van der Waals surface area contributed by atoms with Gasteiger partial charge in [0.05, 0.1) is 0 Å². The molecule has 2 aromatic rings. The SMILES string of the molecule is [2H][C@H]1C[C@H](C2CC2)CCN1Cc1c(C#C)cc(C)c2[nH]ccc12. The molecule has 0 bridgehead atoms. The van der Waals surface area contributed by atoms with E-state index in [1.54, 1.807) is 0 Å². The van der Waals surface area contributed by atoms with Gasteiger partial charge in [0.25, 0.3) is 0 Å². The summed E-state index contributed by atoms with van der Waals surface area (Å²) in [6.45, 7) is 3.83. The van der Waals surface area contributed by atoms with Crippen LogP contribution in [-0.2, 0) is 6.54 Å². The van der Waals surface area contributed by atoms with Gasteiger partial charge in [0.15, 0.2) is 0 Å². The molecule has 1 saturated heterocycles. The molecule has 4 rings (SSSR count). The normalized spacial score (nSPS) is 26.8. The molecule has 1 aromatic carbocycles. The molecular formula is C20H24N2. The first-order valence-electron chi connectivity index (χ1n) is 8.97. The van der Waals surface area contributed by atoms with Crippen LogP contribution in [0.4, 0.5) is 0 Å². The first kappa shape index (κ1) is 12.8. The summed E-state index contributed by atoms with van der Waals surface area (Å²) in [4.78, 5) is 5.63. The highest BCUT2D eigenvalue weighted by atomic mass is 15.1. The highest BCUT2D eigenvalue weighted by Crippen LogP contribution is 2.42. The lowest BCUT2D eigenvalue weighted by Gasteiger charge is -2.32. The maximum Gasteiger partial charge on any atom is 0.0487 e. The molecule has 2 nitrogen and oxygen atoms in total.